The molecule has 1 heterocycles. The smallest absolute Gasteiger partial charge is 0.358 e. The fourth-order valence-corrected chi connectivity index (χ4v) is 1.13. The summed E-state index contributed by atoms with van der Waals surface area (Å²) in [6.45, 7) is 1.49. The highest BCUT2D eigenvalue weighted by atomic mass is 16.5. The van der Waals surface area contributed by atoms with Crippen molar-refractivity contribution in [3.63, 3.8) is 0 Å². The zero-order chi connectivity index (χ0) is 10.7. The van der Waals surface area contributed by atoms with Crippen LogP contribution in [0.1, 0.15) is 23.1 Å². The maximum atomic E-state index is 11.1. The van der Waals surface area contributed by atoms with Crippen molar-refractivity contribution in [3.05, 3.63) is 17.5 Å². The third-order valence-corrected chi connectivity index (χ3v) is 1.80. The number of esters is 1. The predicted octanol–water partition coefficient (Wildman–Crippen LogP) is 0.338. The first-order valence-corrected chi connectivity index (χ1v) is 4.15. The second-order valence-electron chi connectivity index (χ2n) is 3.01. The number of nitrogens with zero attached hydrogens (tertiary/aromatic N) is 2. The number of ketones is 1. The Balaban J connectivity index is 2.93. The molecule has 0 aromatic carbocycles. The number of aromatic nitrogens is 2. The van der Waals surface area contributed by atoms with Crippen molar-refractivity contribution in [1.82, 2.24) is 9.78 Å². The number of aryl methyl sites for hydroxylation is 1. The average Bonchev–Trinajstić information content (AvgIpc) is 2.46. The van der Waals surface area contributed by atoms with E-state index >= 15 is 0 Å². The molecule has 1 aromatic rings. The highest BCUT2D eigenvalue weighted by Crippen LogP contribution is 2.05. The van der Waals surface area contributed by atoms with Crippen LogP contribution in [-0.2, 0) is 23.0 Å². The summed E-state index contributed by atoms with van der Waals surface area (Å²) in [6.07, 6.45) is 0.278. The summed E-state index contributed by atoms with van der Waals surface area (Å²) >= 11 is 0. The van der Waals surface area contributed by atoms with E-state index in [4.69, 9.17) is 0 Å². The van der Waals surface area contributed by atoms with Crippen LogP contribution in [-0.4, -0.2) is 28.6 Å². The molecule has 0 amide bonds. The van der Waals surface area contributed by atoms with Crippen LogP contribution in [0.4, 0.5) is 0 Å². The van der Waals surface area contributed by atoms with Gasteiger partial charge in [-0.1, -0.05) is 0 Å². The molecule has 1 aromatic heterocycles. The molecule has 1 rings (SSSR count). The van der Waals surface area contributed by atoms with E-state index in [-0.39, 0.29) is 17.9 Å². The third kappa shape index (κ3) is 2.18. The molecule has 0 atom stereocenters. The van der Waals surface area contributed by atoms with Gasteiger partial charge in [0, 0.05) is 19.2 Å². The summed E-state index contributed by atoms with van der Waals surface area (Å²) < 4.78 is 6.02. The molecule has 0 saturated carbocycles. The quantitative estimate of drug-likeness (QED) is 0.654. The predicted molar refractivity (Wildman–Crippen MR) is 48.9 cm³/mol. The SMILES string of the molecule is COC(=O)c1cc(CC(C)=O)n(C)n1. The van der Waals surface area contributed by atoms with Crippen LogP contribution in [0.25, 0.3) is 0 Å². The van der Waals surface area contributed by atoms with Gasteiger partial charge in [0.25, 0.3) is 0 Å². The van der Waals surface area contributed by atoms with Gasteiger partial charge in [0.2, 0.25) is 0 Å². The number of carbonyl (C=O) groups excluding carboxylic acids is 2. The summed E-state index contributed by atoms with van der Waals surface area (Å²) in [5, 5.41) is 3.92. The molecule has 0 bridgehead atoms. The van der Waals surface area contributed by atoms with E-state index < -0.39 is 5.97 Å². The first-order chi connectivity index (χ1) is 6.54. The highest BCUT2D eigenvalue weighted by molar-refractivity contribution is 5.87. The number of hydrogen-bond acceptors (Lipinski definition) is 4. The molecule has 14 heavy (non-hydrogen) atoms. The van der Waals surface area contributed by atoms with Crippen LogP contribution in [0.15, 0.2) is 6.07 Å². The van der Waals surface area contributed by atoms with Gasteiger partial charge in [-0.05, 0) is 13.0 Å². The van der Waals surface area contributed by atoms with E-state index in [1.165, 1.54) is 18.7 Å². The topological polar surface area (TPSA) is 61.2 Å². The van der Waals surface area contributed by atoms with Gasteiger partial charge in [-0.2, -0.15) is 5.10 Å². The Bertz CT molecular complexity index is 368. The molecule has 0 N–H and O–H groups in total. The van der Waals surface area contributed by atoms with E-state index in [0.29, 0.717) is 5.69 Å². The molecule has 0 aliphatic rings. The second kappa shape index (κ2) is 4.04. The molecule has 5 heteroatoms. The number of Topliss-reactive ketones (excluding diaryl/α,β-unsaturated/α-hetero) is 1. The van der Waals surface area contributed by atoms with Crippen molar-refractivity contribution in [2.45, 2.75) is 13.3 Å². The molecule has 76 valence electrons. The van der Waals surface area contributed by atoms with Crippen LogP contribution in [0, 0.1) is 0 Å². The van der Waals surface area contributed by atoms with E-state index in [2.05, 4.69) is 9.84 Å². The summed E-state index contributed by atoms with van der Waals surface area (Å²) in [5.74, 6) is -0.459. The molecule has 0 saturated heterocycles. The number of ether oxygens (including phenoxy) is 1. The fraction of sp³-hybridized carbons (Fsp3) is 0.444. The van der Waals surface area contributed by atoms with Gasteiger partial charge in [-0.3, -0.25) is 9.48 Å². The van der Waals surface area contributed by atoms with Gasteiger partial charge < -0.3 is 4.74 Å². The van der Waals surface area contributed by atoms with Crippen LogP contribution >= 0.6 is 0 Å². The maximum Gasteiger partial charge on any atom is 0.358 e. The number of hydrogen-bond donors (Lipinski definition) is 0. The Morgan fingerprint density at radius 1 is 1.57 bits per heavy atom. The van der Waals surface area contributed by atoms with Crippen molar-refractivity contribution >= 4 is 11.8 Å². The zero-order valence-corrected chi connectivity index (χ0v) is 8.40. The summed E-state index contributed by atoms with van der Waals surface area (Å²) in [5.41, 5.74) is 0.934. The first kappa shape index (κ1) is 10.4. The van der Waals surface area contributed by atoms with Crippen molar-refractivity contribution in [3.8, 4) is 0 Å². The standard InChI is InChI=1S/C9H12N2O3/c1-6(12)4-7-5-8(9(13)14-3)10-11(7)2/h5H,4H2,1-3H3. The Kier molecular flexibility index (Phi) is 3.01. The molecular weight excluding hydrogens is 184 g/mol. The molecule has 0 spiro atoms. The van der Waals surface area contributed by atoms with Crippen molar-refractivity contribution < 1.29 is 14.3 Å². The number of methoxy groups -OCH3 is 1. The van der Waals surface area contributed by atoms with Crippen LogP contribution in [0.2, 0.25) is 0 Å². The summed E-state index contributed by atoms with van der Waals surface area (Å²) in [6, 6.07) is 1.56. The third-order valence-electron chi connectivity index (χ3n) is 1.80. The van der Waals surface area contributed by atoms with Gasteiger partial charge in [0.15, 0.2) is 5.69 Å². The van der Waals surface area contributed by atoms with E-state index in [9.17, 15) is 9.59 Å². The Morgan fingerprint density at radius 2 is 2.21 bits per heavy atom. The molecular formula is C9H12N2O3. The first-order valence-electron chi connectivity index (χ1n) is 4.15. The van der Waals surface area contributed by atoms with Gasteiger partial charge in [-0.25, -0.2) is 4.79 Å². The van der Waals surface area contributed by atoms with Crippen LogP contribution in [0.3, 0.4) is 0 Å². The lowest BCUT2D eigenvalue weighted by Crippen LogP contribution is -2.04. The minimum atomic E-state index is -0.490. The Hall–Kier alpha value is -1.65. The van der Waals surface area contributed by atoms with Crippen molar-refractivity contribution in [1.29, 1.82) is 0 Å². The van der Waals surface area contributed by atoms with Crippen molar-refractivity contribution in [2.75, 3.05) is 7.11 Å². The van der Waals surface area contributed by atoms with Gasteiger partial charge in [0.1, 0.15) is 5.78 Å². The molecule has 0 fully saturated rings. The largest absolute Gasteiger partial charge is 0.464 e. The molecule has 0 radical (unpaired) electrons. The molecule has 0 unspecified atom stereocenters. The Labute approximate surface area is 81.7 Å². The monoisotopic (exact) mass is 196 g/mol. The number of carbonyl (C=O) groups is 2. The molecule has 5 nitrogen and oxygen atoms in total. The second-order valence-corrected chi connectivity index (χ2v) is 3.01. The lowest BCUT2D eigenvalue weighted by atomic mass is 10.2. The summed E-state index contributed by atoms with van der Waals surface area (Å²) in [4.78, 5) is 21.9. The van der Waals surface area contributed by atoms with E-state index in [0.717, 1.165) is 0 Å². The summed E-state index contributed by atoms with van der Waals surface area (Å²) in [7, 11) is 2.98. The van der Waals surface area contributed by atoms with E-state index in [1.807, 2.05) is 0 Å². The Morgan fingerprint density at radius 3 is 2.71 bits per heavy atom. The van der Waals surface area contributed by atoms with Crippen LogP contribution < -0.4 is 0 Å². The maximum absolute atomic E-state index is 11.1. The number of rotatable bonds is 3. The molecule has 0 aliphatic heterocycles. The minimum Gasteiger partial charge on any atom is -0.464 e. The van der Waals surface area contributed by atoms with Crippen LogP contribution in [0.5, 0.6) is 0 Å². The van der Waals surface area contributed by atoms with E-state index in [1.54, 1.807) is 13.1 Å². The van der Waals surface area contributed by atoms with Crippen molar-refractivity contribution in [2.24, 2.45) is 7.05 Å². The highest BCUT2D eigenvalue weighted by Gasteiger charge is 2.13. The normalized spacial score (nSPS) is 9.93. The van der Waals surface area contributed by atoms with Gasteiger partial charge >= 0.3 is 5.97 Å². The van der Waals surface area contributed by atoms with Gasteiger partial charge in [0.05, 0.1) is 7.11 Å². The minimum absolute atomic E-state index is 0.0319. The zero-order valence-electron chi connectivity index (χ0n) is 8.40. The molecule has 0 aliphatic carbocycles. The lowest BCUT2D eigenvalue weighted by Gasteiger charge is -1.95. The van der Waals surface area contributed by atoms with Gasteiger partial charge in [-0.15, -0.1) is 0 Å². The fourth-order valence-electron chi connectivity index (χ4n) is 1.13. The average molecular weight is 196 g/mol. The lowest BCUT2D eigenvalue weighted by molar-refractivity contribution is -0.116.